The van der Waals surface area contributed by atoms with Gasteiger partial charge in [0.05, 0.1) is 10.6 Å². The van der Waals surface area contributed by atoms with Crippen molar-refractivity contribution in [3.8, 4) is 0 Å². The molecule has 0 spiro atoms. The molecule has 9 heteroatoms. The molecule has 0 unspecified atom stereocenters. The molecule has 4 rings (SSSR count). The standard InChI is InChI=1S/C23H26N4O3S2/c1-18-6-5-7-20(16-18)26-12-14-27(15-13-26)22(28)11-10-19-17-31-23(24-19)25-32(29,30)21-8-3-2-4-9-21/h2-9,16-17H,10-15H2,1H3,(H,24,25). The Morgan fingerprint density at radius 3 is 2.53 bits per heavy atom. The molecule has 7 nitrogen and oxygen atoms in total. The topological polar surface area (TPSA) is 82.6 Å². The van der Waals surface area contributed by atoms with Crippen molar-refractivity contribution in [2.75, 3.05) is 35.8 Å². The minimum absolute atomic E-state index is 0.105. The van der Waals surface area contributed by atoms with Crippen LogP contribution in [0.4, 0.5) is 10.8 Å². The number of aryl methyl sites for hydroxylation is 2. The third kappa shape index (κ3) is 5.46. The van der Waals surface area contributed by atoms with Gasteiger partial charge in [-0.15, -0.1) is 11.3 Å². The van der Waals surface area contributed by atoms with Gasteiger partial charge < -0.3 is 9.80 Å². The number of hydrogen-bond donors (Lipinski definition) is 1. The summed E-state index contributed by atoms with van der Waals surface area (Å²) in [4.78, 5) is 21.4. The normalized spacial score (nSPS) is 14.4. The Kier molecular flexibility index (Phi) is 6.76. The van der Waals surface area contributed by atoms with Crippen LogP contribution in [0.15, 0.2) is 64.9 Å². The average Bonchev–Trinajstić information content (AvgIpc) is 3.25. The Labute approximate surface area is 192 Å². The Hall–Kier alpha value is -2.91. The van der Waals surface area contributed by atoms with Crippen LogP contribution >= 0.6 is 11.3 Å². The lowest BCUT2D eigenvalue weighted by Gasteiger charge is -2.36. The number of nitrogens with one attached hydrogen (secondary N) is 1. The Balaban J connectivity index is 1.27. The molecule has 3 aromatic rings. The third-order valence-corrected chi connectivity index (χ3v) is 7.71. The molecule has 1 saturated heterocycles. The molecule has 32 heavy (non-hydrogen) atoms. The average molecular weight is 471 g/mol. The van der Waals surface area contributed by atoms with E-state index in [1.807, 2.05) is 4.90 Å². The van der Waals surface area contributed by atoms with Crippen LogP contribution in [0.1, 0.15) is 17.7 Å². The van der Waals surface area contributed by atoms with Crippen molar-refractivity contribution >= 4 is 38.1 Å². The van der Waals surface area contributed by atoms with Crippen LogP contribution in [0.25, 0.3) is 0 Å². The molecule has 2 heterocycles. The fourth-order valence-corrected chi connectivity index (χ4v) is 5.69. The highest BCUT2D eigenvalue weighted by Crippen LogP contribution is 2.22. The van der Waals surface area contributed by atoms with E-state index in [0.29, 0.717) is 36.8 Å². The van der Waals surface area contributed by atoms with E-state index in [9.17, 15) is 13.2 Å². The molecule has 0 saturated carbocycles. The van der Waals surface area contributed by atoms with Gasteiger partial charge in [0.1, 0.15) is 0 Å². The number of hydrogen-bond acceptors (Lipinski definition) is 6. The van der Waals surface area contributed by atoms with Gasteiger partial charge in [0.15, 0.2) is 5.13 Å². The van der Waals surface area contributed by atoms with Crippen LogP contribution in [0.2, 0.25) is 0 Å². The highest BCUT2D eigenvalue weighted by Gasteiger charge is 2.22. The fraction of sp³-hybridized carbons (Fsp3) is 0.304. The van der Waals surface area contributed by atoms with E-state index in [4.69, 9.17) is 0 Å². The van der Waals surface area contributed by atoms with Gasteiger partial charge >= 0.3 is 0 Å². The summed E-state index contributed by atoms with van der Waals surface area (Å²) in [7, 11) is -3.66. The molecular formula is C23H26N4O3S2. The lowest BCUT2D eigenvalue weighted by Crippen LogP contribution is -2.48. The summed E-state index contributed by atoms with van der Waals surface area (Å²) in [6.45, 7) is 5.12. The van der Waals surface area contributed by atoms with Gasteiger partial charge in [-0.25, -0.2) is 13.4 Å². The van der Waals surface area contributed by atoms with Crippen LogP contribution in [0.5, 0.6) is 0 Å². The SMILES string of the molecule is Cc1cccc(N2CCN(C(=O)CCc3csc(NS(=O)(=O)c4ccccc4)n3)CC2)c1. The predicted octanol–water partition coefficient (Wildman–Crippen LogP) is 3.53. The van der Waals surface area contributed by atoms with Gasteiger partial charge in [0, 0.05) is 43.7 Å². The molecule has 1 fully saturated rings. The van der Waals surface area contributed by atoms with Crippen molar-refractivity contribution in [2.24, 2.45) is 0 Å². The lowest BCUT2D eigenvalue weighted by molar-refractivity contribution is -0.131. The van der Waals surface area contributed by atoms with E-state index in [2.05, 4.69) is 45.8 Å². The number of benzene rings is 2. The largest absolute Gasteiger partial charge is 0.368 e. The van der Waals surface area contributed by atoms with Crippen molar-refractivity contribution < 1.29 is 13.2 Å². The Morgan fingerprint density at radius 1 is 1.06 bits per heavy atom. The summed E-state index contributed by atoms with van der Waals surface area (Å²) in [5.41, 5.74) is 3.15. The molecule has 0 bridgehead atoms. The smallest absolute Gasteiger partial charge is 0.263 e. The van der Waals surface area contributed by atoms with E-state index in [1.54, 1.807) is 23.6 Å². The van der Waals surface area contributed by atoms with Crippen molar-refractivity contribution in [3.63, 3.8) is 0 Å². The quantitative estimate of drug-likeness (QED) is 0.571. The van der Waals surface area contributed by atoms with Crippen molar-refractivity contribution in [3.05, 3.63) is 71.2 Å². The number of carbonyl (C=O) groups is 1. The molecular weight excluding hydrogens is 444 g/mol. The number of piperazine rings is 1. The minimum atomic E-state index is -3.66. The molecule has 1 aliphatic heterocycles. The summed E-state index contributed by atoms with van der Waals surface area (Å²) in [5, 5.41) is 2.11. The Bertz CT molecular complexity index is 1170. The van der Waals surface area contributed by atoms with Gasteiger partial charge in [-0.05, 0) is 43.2 Å². The molecule has 1 amide bonds. The number of carbonyl (C=O) groups excluding carboxylic acids is 1. The first kappa shape index (κ1) is 22.3. The number of anilines is 2. The van der Waals surface area contributed by atoms with E-state index in [-0.39, 0.29) is 10.8 Å². The molecule has 1 aromatic heterocycles. The van der Waals surface area contributed by atoms with Gasteiger partial charge in [-0.2, -0.15) is 0 Å². The summed E-state index contributed by atoms with van der Waals surface area (Å²) in [5.74, 6) is 0.105. The monoisotopic (exact) mass is 470 g/mol. The van der Waals surface area contributed by atoms with Gasteiger partial charge in [-0.3, -0.25) is 9.52 Å². The maximum atomic E-state index is 12.7. The maximum absolute atomic E-state index is 12.7. The first-order valence-corrected chi connectivity index (χ1v) is 12.9. The zero-order valence-electron chi connectivity index (χ0n) is 17.9. The highest BCUT2D eigenvalue weighted by molar-refractivity contribution is 7.93. The van der Waals surface area contributed by atoms with Gasteiger partial charge in [0.2, 0.25) is 5.91 Å². The molecule has 1 N–H and O–H groups in total. The summed E-state index contributed by atoms with van der Waals surface area (Å²) < 4.78 is 27.4. The maximum Gasteiger partial charge on any atom is 0.263 e. The molecule has 0 aliphatic carbocycles. The van der Waals surface area contributed by atoms with Crippen LogP contribution < -0.4 is 9.62 Å². The molecule has 0 radical (unpaired) electrons. The number of sulfonamides is 1. The van der Waals surface area contributed by atoms with Crippen LogP contribution in [-0.2, 0) is 21.2 Å². The van der Waals surface area contributed by atoms with Gasteiger partial charge in [-0.1, -0.05) is 30.3 Å². The first-order valence-electron chi connectivity index (χ1n) is 10.5. The molecule has 0 atom stereocenters. The van der Waals surface area contributed by atoms with Crippen molar-refractivity contribution in [2.45, 2.75) is 24.7 Å². The van der Waals surface area contributed by atoms with Crippen molar-refractivity contribution in [1.82, 2.24) is 9.88 Å². The van der Waals surface area contributed by atoms with E-state index in [1.165, 1.54) is 34.7 Å². The number of amides is 1. The fourth-order valence-electron chi connectivity index (χ4n) is 3.67. The molecule has 2 aromatic carbocycles. The molecule has 168 valence electrons. The zero-order valence-corrected chi connectivity index (χ0v) is 19.5. The number of nitrogens with zero attached hydrogens (tertiary/aromatic N) is 3. The highest BCUT2D eigenvalue weighted by atomic mass is 32.2. The zero-order chi connectivity index (χ0) is 22.6. The second kappa shape index (κ2) is 9.70. The summed E-state index contributed by atoms with van der Waals surface area (Å²) in [6, 6.07) is 16.6. The second-order valence-corrected chi connectivity index (χ2v) is 10.3. The third-order valence-electron chi connectivity index (χ3n) is 5.42. The van der Waals surface area contributed by atoms with E-state index in [0.717, 1.165) is 13.1 Å². The van der Waals surface area contributed by atoms with Crippen LogP contribution in [0.3, 0.4) is 0 Å². The second-order valence-electron chi connectivity index (χ2n) is 7.77. The summed E-state index contributed by atoms with van der Waals surface area (Å²) in [6.07, 6.45) is 0.847. The van der Waals surface area contributed by atoms with Crippen LogP contribution in [0, 0.1) is 6.92 Å². The summed E-state index contributed by atoms with van der Waals surface area (Å²) >= 11 is 1.22. The minimum Gasteiger partial charge on any atom is -0.368 e. The van der Waals surface area contributed by atoms with E-state index >= 15 is 0 Å². The van der Waals surface area contributed by atoms with Crippen LogP contribution in [-0.4, -0.2) is 50.4 Å². The first-order chi connectivity index (χ1) is 15.4. The number of aromatic nitrogens is 1. The Morgan fingerprint density at radius 2 is 1.81 bits per heavy atom. The van der Waals surface area contributed by atoms with E-state index < -0.39 is 10.0 Å². The molecule has 1 aliphatic rings. The van der Waals surface area contributed by atoms with Gasteiger partial charge in [0.25, 0.3) is 10.0 Å². The lowest BCUT2D eigenvalue weighted by atomic mass is 10.1. The van der Waals surface area contributed by atoms with Crippen molar-refractivity contribution in [1.29, 1.82) is 0 Å². The predicted molar refractivity (Wildman–Crippen MR) is 128 cm³/mol. The number of rotatable bonds is 7. The number of thiazole rings is 1.